The highest BCUT2D eigenvalue weighted by Crippen LogP contribution is 2.40. The van der Waals surface area contributed by atoms with Crippen LogP contribution >= 0.6 is 0 Å². The molecule has 1 N–H and O–H groups in total. The number of rotatable bonds is 4. The quantitative estimate of drug-likeness (QED) is 0.879. The number of halogens is 2. The van der Waals surface area contributed by atoms with E-state index in [1.807, 2.05) is 19.1 Å². The summed E-state index contributed by atoms with van der Waals surface area (Å²) in [6.45, 7) is 1.95. The first-order valence-corrected chi connectivity index (χ1v) is 5.76. The molecule has 0 bridgehead atoms. The highest BCUT2D eigenvalue weighted by molar-refractivity contribution is 5.40. The van der Waals surface area contributed by atoms with Crippen molar-refractivity contribution in [3.63, 3.8) is 0 Å². The molecule has 94 valence electrons. The molecule has 0 amide bonds. The van der Waals surface area contributed by atoms with Crippen LogP contribution in [0, 0.1) is 6.92 Å². The van der Waals surface area contributed by atoms with Crippen molar-refractivity contribution in [1.82, 2.24) is 0 Å². The van der Waals surface area contributed by atoms with Gasteiger partial charge >= 0.3 is 0 Å². The maximum atomic E-state index is 12.7. The molecule has 1 saturated carbocycles. The lowest BCUT2D eigenvalue weighted by molar-refractivity contribution is -0.134. The summed E-state index contributed by atoms with van der Waals surface area (Å²) in [6.07, 6.45) is -0.325. The summed E-state index contributed by atoms with van der Waals surface area (Å²) in [6, 6.07) is 5.53. The molecule has 2 nitrogen and oxygen atoms in total. The van der Waals surface area contributed by atoms with Gasteiger partial charge in [0.1, 0.15) is 11.9 Å². The molecule has 17 heavy (non-hydrogen) atoms. The summed E-state index contributed by atoms with van der Waals surface area (Å²) in [4.78, 5) is 0. The first-order valence-electron chi connectivity index (χ1n) is 5.76. The van der Waals surface area contributed by atoms with Gasteiger partial charge in [-0.2, -0.15) is 0 Å². The minimum absolute atomic E-state index is 0.0298. The van der Waals surface area contributed by atoms with E-state index < -0.39 is 12.0 Å². The summed E-state index contributed by atoms with van der Waals surface area (Å²) in [5.41, 5.74) is 1.92. The van der Waals surface area contributed by atoms with Gasteiger partial charge in [-0.15, -0.1) is 0 Å². The molecule has 4 heteroatoms. The van der Waals surface area contributed by atoms with Crippen molar-refractivity contribution in [2.45, 2.75) is 38.2 Å². The summed E-state index contributed by atoms with van der Waals surface area (Å²) < 4.78 is 31.0. The molecule has 1 aromatic carbocycles. The number of aliphatic hydroxyl groups excluding tert-OH is 1. The molecular weight excluding hydrogens is 226 g/mol. The lowest BCUT2D eigenvalue weighted by Crippen LogP contribution is -2.43. The molecule has 0 aromatic heterocycles. The van der Waals surface area contributed by atoms with E-state index in [1.54, 1.807) is 6.07 Å². The van der Waals surface area contributed by atoms with Crippen molar-refractivity contribution >= 4 is 0 Å². The third-order valence-electron chi connectivity index (χ3n) is 3.08. The van der Waals surface area contributed by atoms with Gasteiger partial charge in [-0.3, -0.25) is 0 Å². The van der Waals surface area contributed by atoms with Gasteiger partial charge in [-0.25, -0.2) is 8.78 Å². The fourth-order valence-corrected chi connectivity index (χ4v) is 2.09. The van der Waals surface area contributed by atoms with Gasteiger partial charge in [0.05, 0.1) is 0 Å². The Morgan fingerprint density at radius 2 is 2.12 bits per heavy atom. The van der Waals surface area contributed by atoms with E-state index in [0.717, 1.165) is 11.1 Å². The predicted molar refractivity (Wildman–Crippen MR) is 60.6 cm³/mol. The van der Waals surface area contributed by atoms with Crippen molar-refractivity contribution in [1.29, 1.82) is 0 Å². The lowest BCUT2D eigenvalue weighted by atomic mass is 9.90. The Bertz CT molecular complexity index is 396. The average Bonchev–Trinajstić information content (AvgIpc) is 2.20. The van der Waals surface area contributed by atoms with Gasteiger partial charge in [0.15, 0.2) is 0 Å². The van der Waals surface area contributed by atoms with Crippen molar-refractivity contribution in [3.8, 4) is 5.75 Å². The molecule has 0 spiro atoms. The van der Waals surface area contributed by atoms with Gasteiger partial charge in [0, 0.05) is 19.4 Å². The first-order chi connectivity index (χ1) is 8.02. The van der Waals surface area contributed by atoms with E-state index in [9.17, 15) is 8.78 Å². The van der Waals surface area contributed by atoms with Gasteiger partial charge < -0.3 is 9.84 Å². The van der Waals surface area contributed by atoms with E-state index in [1.165, 1.54) is 0 Å². The molecule has 0 unspecified atom stereocenters. The van der Waals surface area contributed by atoms with Gasteiger partial charge in [-0.05, 0) is 30.5 Å². The van der Waals surface area contributed by atoms with Crippen LogP contribution < -0.4 is 4.74 Å². The van der Waals surface area contributed by atoms with E-state index in [4.69, 9.17) is 9.84 Å². The Balaban J connectivity index is 2.08. The Morgan fingerprint density at radius 1 is 1.41 bits per heavy atom. The molecule has 2 rings (SSSR count). The second-order valence-corrected chi connectivity index (χ2v) is 4.53. The predicted octanol–water partition coefficient (Wildman–Crippen LogP) is 2.71. The zero-order valence-electron chi connectivity index (χ0n) is 9.75. The monoisotopic (exact) mass is 242 g/mol. The van der Waals surface area contributed by atoms with Crippen molar-refractivity contribution < 1.29 is 18.6 Å². The van der Waals surface area contributed by atoms with Crippen LogP contribution in [-0.2, 0) is 6.42 Å². The molecule has 0 saturated heterocycles. The zero-order valence-corrected chi connectivity index (χ0v) is 9.75. The fraction of sp³-hybridized carbons (Fsp3) is 0.538. The van der Waals surface area contributed by atoms with Crippen LogP contribution in [0.5, 0.6) is 5.75 Å². The number of aliphatic hydroxyl groups is 1. The highest BCUT2D eigenvalue weighted by atomic mass is 19.3. The number of hydrogen-bond acceptors (Lipinski definition) is 2. The van der Waals surface area contributed by atoms with Crippen molar-refractivity contribution in [2.75, 3.05) is 6.61 Å². The second kappa shape index (κ2) is 4.61. The Hall–Kier alpha value is -1.16. The number of ether oxygens (including phenoxy) is 1. The lowest BCUT2D eigenvalue weighted by Gasteiger charge is -2.35. The Kier molecular flexibility index (Phi) is 3.33. The Labute approximate surface area is 99.2 Å². The van der Waals surface area contributed by atoms with E-state index in [0.29, 0.717) is 12.2 Å². The van der Waals surface area contributed by atoms with Crippen LogP contribution in [0.4, 0.5) is 8.78 Å². The van der Waals surface area contributed by atoms with Crippen LogP contribution in [0.25, 0.3) is 0 Å². The topological polar surface area (TPSA) is 29.5 Å². The molecule has 1 aromatic rings. The molecule has 1 fully saturated rings. The SMILES string of the molecule is Cc1cccc(OC2CC(F)(F)C2)c1CCO. The maximum Gasteiger partial charge on any atom is 0.255 e. The summed E-state index contributed by atoms with van der Waals surface area (Å²) in [5, 5.41) is 8.98. The van der Waals surface area contributed by atoms with Gasteiger partial charge in [-0.1, -0.05) is 12.1 Å². The van der Waals surface area contributed by atoms with Crippen molar-refractivity contribution in [2.24, 2.45) is 0 Å². The summed E-state index contributed by atoms with van der Waals surface area (Å²) in [5.74, 6) is -1.94. The number of aryl methyl sites for hydroxylation is 1. The van der Waals surface area contributed by atoms with E-state index in [-0.39, 0.29) is 19.4 Å². The van der Waals surface area contributed by atoms with Gasteiger partial charge in [0.25, 0.3) is 5.92 Å². The normalized spacial score (nSPS) is 18.8. The van der Waals surface area contributed by atoms with Gasteiger partial charge in [0.2, 0.25) is 0 Å². The summed E-state index contributed by atoms with van der Waals surface area (Å²) in [7, 11) is 0. The standard InChI is InChI=1S/C13H16F2O2/c1-9-3-2-4-12(11(9)5-6-16)17-10-7-13(14,15)8-10/h2-4,10,16H,5-8H2,1H3. The minimum Gasteiger partial charge on any atom is -0.490 e. The number of hydrogen-bond donors (Lipinski definition) is 1. The second-order valence-electron chi connectivity index (χ2n) is 4.53. The van der Waals surface area contributed by atoms with Crippen LogP contribution in [0.1, 0.15) is 24.0 Å². The average molecular weight is 242 g/mol. The smallest absolute Gasteiger partial charge is 0.255 e. The molecule has 0 atom stereocenters. The maximum absolute atomic E-state index is 12.7. The molecular formula is C13H16F2O2. The Morgan fingerprint density at radius 3 is 2.71 bits per heavy atom. The summed E-state index contributed by atoms with van der Waals surface area (Å²) >= 11 is 0. The minimum atomic E-state index is -2.56. The first kappa shape index (κ1) is 12.3. The van der Waals surface area contributed by atoms with Crippen LogP contribution in [0.15, 0.2) is 18.2 Å². The van der Waals surface area contributed by atoms with E-state index in [2.05, 4.69) is 0 Å². The van der Waals surface area contributed by atoms with Crippen LogP contribution in [0.3, 0.4) is 0 Å². The van der Waals surface area contributed by atoms with Crippen molar-refractivity contribution in [3.05, 3.63) is 29.3 Å². The fourth-order valence-electron chi connectivity index (χ4n) is 2.09. The van der Waals surface area contributed by atoms with Crippen LogP contribution in [-0.4, -0.2) is 23.7 Å². The molecule has 0 aliphatic heterocycles. The molecule has 1 aliphatic carbocycles. The molecule has 1 aliphatic rings. The van der Waals surface area contributed by atoms with Crippen LogP contribution in [0.2, 0.25) is 0 Å². The van der Waals surface area contributed by atoms with E-state index >= 15 is 0 Å². The zero-order chi connectivity index (χ0) is 12.5. The third kappa shape index (κ3) is 2.75. The largest absolute Gasteiger partial charge is 0.490 e. The number of alkyl halides is 2. The third-order valence-corrected chi connectivity index (χ3v) is 3.08. The molecule has 0 heterocycles. The highest BCUT2D eigenvalue weighted by Gasteiger charge is 2.47. The number of benzene rings is 1. The molecule has 0 radical (unpaired) electrons.